The lowest BCUT2D eigenvalue weighted by atomic mass is 9.62. The van der Waals surface area contributed by atoms with Crippen LogP contribution in [0.5, 0.6) is 0 Å². The molecule has 5 aliphatic rings. The van der Waals surface area contributed by atoms with Crippen molar-refractivity contribution in [1.29, 1.82) is 0 Å². The van der Waals surface area contributed by atoms with Crippen LogP contribution in [0.25, 0.3) is 0 Å². The molecule has 0 spiro atoms. The average molecular weight is 184 g/mol. The molecule has 5 aliphatic carbocycles. The lowest BCUT2D eigenvalue weighted by Crippen LogP contribution is -2.35. The third-order valence-electron chi connectivity index (χ3n) is 4.46. The van der Waals surface area contributed by atoms with Gasteiger partial charge in [-0.2, -0.15) is 0 Å². The molecule has 0 heterocycles. The minimum absolute atomic E-state index is 0.243. The minimum atomic E-state index is 0.243. The molecule has 0 aromatic heterocycles. The fourth-order valence-corrected chi connectivity index (χ4v) is 3.91. The van der Waals surface area contributed by atoms with Gasteiger partial charge in [0, 0.05) is 11.8 Å². The summed E-state index contributed by atoms with van der Waals surface area (Å²) < 4.78 is 0. The van der Waals surface area contributed by atoms with E-state index in [4.69, 9.17) is 0 Å². The number of hydrogen-bond donors (Lipinski definition) is 0. The van der Waals surface area contributed by atoms with Gasteiger partial charge >= 0.3 is 0 Å². The summed E-state index contributed by atoms with van der Waals surface area (Å²) in [4.78, 5) is 11.9. The summed E-state index contributed by atoms with van der Waals surface area (Å²) in [7, 11) is 0. The Morgan fingerprint density at radius 3 is 1.57 bits per heavy atom. The molecule has 1 nitrogen and oxygen atoms in total. The SMILES string of the molecule is O=C1[C@H]2C=C[C@@H]1[C@@H]1C3C=CC(C=C3)[C@@H]12. The number of fused-ring (bicyclic) bond motifs is 2. The second-order valence-electron chi connectivity index (χ2n) is 4.92. The topological polar surface area (TPSA) is 17.1 Å². The lowest BCUT2D eigenvalue weighted by molar-refractivity contribution is -0.121. The van der Waals surface area contributed by atoms with Gasteiger partial charge in [0.05, 0.1) is 0 Å². The maximum atomic E-state index is 11.9. The Hall–Kier alpha value is -1.11. The number of Topliss-reactive ketones (excluding diaryl/α,β-unsaturated/α-hetero) is 1. The van der Waals surface area contributed by atoms with Crippen molar-refractivity contribution < 1.29 is 4.79 Å². The van der Waals surface area contributed by atoms with Crippen LogP contribution in [0.4, 0.5) is 0 Å². The summed E-state index contributed by atoms with van der Waals surface area (Å²) >= 11 is 0. The van der Waals surface area contributed by atoms with Crippen LogP contribution >= 0.6 is 0 Å². The molecule has 0 amide bonds. The first-order chi connectivity index (χ1) is 6.86. The van der Waals surface area contributed by atoms with Gasteiger partial charge in [-0.1, -0.05) is 36.5 Å². The summed E-state index contributed by atoms with van der Waals surface area (Å²) in [5, 5.41) is 0. The van der Waals surface area contributed by atoms with E-state index in [9.17, 15) is 4.79 Å². The summed E-state index contributed by atoms with van der Waals surface area (Å²) in [5.41, 5.74) is 0. The van der Waals surface area contributed by atoms with Crippen LogP contribution in [0.15, 0.2) is 36.5 Å². The molecule has 4 bridgehead atoms. The molecule has 0 aromatic rings. The monoisotopic (exact) mass is 184 g/mol. The zero-order chi connectivity index (χ0) is 9.28. The molecule has 1 fully saturated rings. The van der Waals surface area contributed by atoms with Crippen molar-refractivity contribution in [3.05, 3.63) is 36.5 Å². The van der Waals surface area contributed by atoms with Crippen molar-refractivity contribution in [2.75, 3.05) is 0 Å². The first-order valence-corrected chi connectivity index (χ1v) is 5.45. The Labute approximate surface area is 83.2 Å². The Bertz CT molecular complexity index is 351. The average Bonchev–Trinajstić information content (AvgIpc) is 2.76. The molecule has 0 aromatic carbocycles. The highest BCUT2D eigenvalue weighted by molar-refractivity contribution is 5.92. The second-order valence-corrected chi connectivity index (χ2v) is 4.92. The molecule has 0 N–H and O–H groups in total. The van der Waals surface area contributed by atoms with Crippen molar-refractivity contribution in [3.8, 4) is 0 Å². The van der Waals surface area contributed by atoms with Gasteiger partial charge in [-0.05, 0) is 23.7 Å². The number of hydrogen-bond acceptors (Lipinski definition) is 1. The molecule has 4 atom stereocenters. The standard InChI is InChI=1S/C13H12O/c14-13-9-5-6-10(13)12-8-2-1-7(3-4-8)11(9)12/h1-12H/t7?,8?,9-,10+,11+,12-. The summed E-state index contributed by atoms with van der Waals surface area (Å²) in [6, 6.07) is 0. The van der Waals surface area contributed by atoms with Crippen molar-refractivity contribution in [3.63, 3.8) is 0 Å². The molecule has 70 valence electrons. The maximum absolute atomic E-state index is 11.9. The fraction of sp³-hybridized carbons (Fsp3) is 0.462. The van der Waals surface area contributed by atoms with E-state index in [0.29, 0.717) is 29.5 Å². The van der Waals surface area contributed by atoms with Gasteiger partial charge < -0.3 is 0 Å². The number of carbonyl (C=O) groups excluding carboxylic acids is 1. The summed E-state index contributed by atoms with van der Waals surface area (Å²) in [6.07, 6.45) is 13.5. The van der Waals surface area contributed by atoms with Gasteiger partial charge in [-0.3, -0.25) is 4.79 Å². The van der Waals surface area contributed by atoms with Crippen molar-refractivity contribution in [2.45, 2.75) is 0 Å². The number of ketones is 1. The number of carbonyl (C=O) groups is 1. The maximum Gasteiger partial charge on any atom is 0.147 e. The molecule has 14 heavy (non-hydrogen) atoms. The molecule has 1 heteroatoms. The van der Waals surface area contributed by atoms with Gasteiger partial charge in [0.1, 0.15) is 5.78 Å². The van der Waals surface area contributed by atoms with Crippen LogP contribution in [0, 0.1) is 35.5 Å². The first-order valence-electron chi connectivity index (χ1n) is 5.45. The smallest absolute Gasteiger partial charge is 0.147 e. The van der Waals surface area contributed by atoms with Crippen molar-refractivity contribution in [1.82, 2.24) is 0 Å². The van der Waals surface area contributed by atoms with Crippen molar-refractivity contribution >= 4 is 5.78 Å². The molecule has 5 rings (SSSR count). The van der Waals surface area contributed by atoms with Crippen LogP contribution in [0.1, 0.15) is 0 Å². The van der Waals surface area contributed by atoms with E-state index in [0.717, 1.165) is 0 Å². The van der Waals surface area contributed by atoms with Crippen LogP contribution < -0.4 is 0 Å². The highest BCUT2D eigenvalue weighted by atomic mass is 16.1. The third-order valence-corrected chi connectivity index (χ3v) is 4.46. The van der Waals surface area contributed by atoms with E-state index in [2.05, 4.69) is 36.5 Å². The van der Waals surface area contributed by atoms with Crippen LogP contribution in [-0.2, 0) is 4.79 Å². The zero-order valence-electron chi connectivity index (χ0n) is 7.84. The normalized spacial score (nSPS) is 55.9. The molecule has 0 radical (unpaired) electrons. The summed E-state index contributed by atoms with van der Waals surface area (Å²) in [6.45, 7) is 0. The van der Waals surface area contributed by atoms with Crippen LogP contribution in [-0.4, -0.2) is 5.78 Å². The van der Waals surface area contributed by atoms with Gasteiger partial charge in [0.25, 0.3) is 0 Å². The second kappa shape index (κ2) is 2.10. The molecular formula is C13H12O. The van der Waals surface area contributed by atoms with Gasteiger partial charge in [-0.25, -0.2) is 0 Å². The van der Waals surface area contributed by atoms with Crippen molar-refractivity contribution in [2.24, 2.45) is 35.5 Å². The Morgan fingerprint density at radius 1 is 0.714 bits per heavy atom. The van der Waals surface area contributed by atoms with Gasteiger partial charge in [0.2, 0.25) is 0 Å². The highest BCUT2D eigenvalue weighted by Crippen LogP contribution is 2.56. The lowest BCUT2D eigenvalue weighted by Gasteiger charge is -2.41. The Morgan fingerprint density at radius 2 is 1.14 bits per heavy atom. The Balaban J connectivity index is 1.90. The number of rotatable bonds is 0. The number of allylic oxidation sites excluding steroid dienone is 6. The predicted molar refractivity (Wildman–Crippen MR) is 53.4 cm³/mol. The summed E-state index contributed by atoms with van der Waals surface area (Å²) in [5.74, 6) is 3.24. The van der Waals surface area contributed by atoms with Crippen LogP contribution in [0.3, 0.4) is 0 Å². The van der Waals surface area contributed by atoms with E-state index < -0.39 is 0 Å². The van der Waals surface area contributed by atoms with E-state index in [1.165, 1.54) is 0 Å². The third kappa shape index (κ3) is 0.607. The molecule has 0 aliphatic heterocycles. The minimum Gasteiger partial charge on any atom is -0.298 e. The Kier molecular flexibility index (Phi) is 1.08. The van der Waals surface area contributed by atoms with E-state index >= 15 is 0 Å². The van der Waals surface area contributed by atoms with E-state index in [1.54, 1.807) is 0 Å². The van der Waals surface area contributed by atoms with E-state index in [1.807, 2.05) is 0 Å². The zero-order valence-corrected chi connectivity index (χ0v) is 7.84. The quantitative estimate of drug-likeness (QED) is 0.526. The largest absolute Gasteiger partial charge is 0.298 e. The molecule has 0 saturated heterocycles. The van der Waals surface area contributed by atoms with Gasteiger partial charge in [-0.15, -0.1) is 0 Å². The molecule has 1 saturated carbocycles. The van der Waals surface area contributed by atoms with Gasteiger partial charge in [0.15, 0.2) is 0 Å². The predicted octanol–water partition coefficient (Wildman–Crippen LogP) is 1.98. The fourth-order valence-electron chi connectivity index (χ4n) is 3.91. The molecular weight excluding hydrogens is 172 g/mol. The first kappa shape index (κ1) is 7.22. The molecule has 0 unspecified atom stereocenters. The van der Waals surface area contributed by atoms with Crippen LogP contribution in [0.2, 0.25) is 0 Å². The highest BCUT2D eigenvalue weighted by Gasteiger charge is 2.56. The van der Waals surface area contributed by atoms with E-state index in [-0.39, 0.29) is 11.8 Å².